The number of hydrogen-bond acceptors (Lipinski definition) is 6. The lowest BCUT2D eigenvalue weighted by atomic mass is 10.1. The summed E-state index contributed by atoms with van der Waals surface area (Å²) in [5.74, 6) is -0.191. The number of aliphatic imine (C=N–C) groups is 1. The first-order valence-corrected chi connectivity index (χ1v) is 12.1. The number of carbonyl (C=O) groups is 2. The Balaban J connectivity index is 0.00000127. The summed E-state index contributed by atoms with van der Waals surface area (Å²) < 4.78 is 46.8. The first kappa shape index (κ1) is 28.4. The molecule has 2 aromatic heterocycles. The average molecular weight is 531 g/mol. The quantitative estimate of drug-likeness (QED) is 0.375. The van der Waals surface area contributed by atoms with Crippen LogP contribution in [0, 0.1) is 5.92 Å². The number of carbonyl (C=O) groups excluding carboxylic acids is 2. The normalized spacial score (nSPS) is 14.0. The number of anilines is 2. The monoisotopic (exact) mass is 530 g/mol. The first-order chi connectivity index (χ1) is 18.1. The highest BCUT2D eigenvalue weighted by atomic mass is 19.4. The van der Waals surface area contributed by atoms with Gasteiger partial charge < -0.3 is 10.1 Å². The van der Waals surface area contributed by atoms with E-state index in [1.807, 2.05) is 0 Å². The summed E-state index contributed by atoms with van der Waals surface area (Å²) >= 11 is 0. The Kier molecular flexibility index (Phi) is 9.21. The first-order valence-electron chi connectivity index (χ1n) is 12.1. The fourth-order valence-electron chi connectivity index (χ4n) is 3.28. The van der Waals surface area contributed by atoms with Crippen molar-refractivity contribution in [2.75, 3.05) is 17.7 Å². The van der Waals surface area contributed by atoms with Crippen molar-refractivity contribution in [3.05, 3.63) is 54.2 Å². The molecule has 0 bridgehead atoms. The van der Waals surface area contributed by atoms with E-state index in [-0.39, 0.29) is 23.5 Å². The van der Waals surface area contributed by atoms with Gasteiger partial charge in [0.15, 0.2) is 5.65 Å². The van der Waals surface area contributed by atoms with Crippen molar-refractivity contribution in [1.29, 1.82) is 0 Å². The molecule has 0 aliphatic heterocycles. The molecule has 1 fully saturated rings. The van der Waals surface area contributed by atoms with Gasteiger partial charge in [0.25, 0.3) is 5.91 Å². The van der Waals surface area contributed by atoms with Gasteiger partial charge in [-0.25, -0.2) is 4.52 Å². The maximum Gasteiger partial charge on any atom is 0.418 e. The number of pyridine rings is 1. The van der Waals surface area contributed by atoms with E-state index in [1.165, 1.54) is 30.0 Å². The van der Waals surface area contributed by atoms with Crippen LogP contribution in [-0.4, -0.2) is 45.3 Å². The van der Waals surface area contributed by atoms with Crippen LogP contribution in [0.1, 0.15) is 40.0 Å². The third-order valence-corrected chi connectivity index (χ3v) is 5.10. The number of amides is 2. The largest absolute Gasteiger partial charge is 0.456 e. The number of allylic oxidation sites excluding steroid dienone is 1. The van der Waals surface area contributed by atoms with E-state index < -0.39 is 23.4 Å². The molecule has 12 heteroatoms. The summed E-state index contributed by atoms with van der Waals surface area (Å²) in [5.41, 5.74) is -1.13. The molecule has 1 aliphatic carbocycles. The molecule has 0 spiro atoms. The number of benzene rings is 1. The number of ether oxygens (including phenoxy) is 1. The molecule has 1 aliphatic rings. The Bertz CT molecular complexity index is 1360. The zero-order valence-corrected chi connectivity index (χ0v) is 21.5. The van der Waals surface area contributed by atoms with Gasteiger partial charge in [0, 0.05) is 24.7 Å². The average Bonchev–Trinajstić information content (AvgIpc) is 3.63. The lowest BCUT2D eigenvalue weighted by Gasteiger charge is -2.14. The van der Waals surface area contributed by atoms with Gasteiger partial charge in [0.1, 0.15) is 17.2 Å². The van der Waals surface area contributed by atoms with Gasteiger partial charge in [0.05, 0.1) is 11.8 Å². The van der Waals surface area contributed by atoms with Crippen LogP contribution < -0.4 is 15.4 Å². The molecule has 9 nitrogen and oxygen atoms in total. The Morgan fingerprint density at radius 3 is 2.47 bits per heavy atom. The summed E-state index contributed by atoms with van der Waals surface area (Å²) in [6, 6.07) is 9.46. The van der Waals surface area contributed by atoms with Gasteiger partial charge in [-0.05, 0) is 44.0 Å². The molecule has 0 atom stereocenters. The summed E-state index contributed by atoms with van der Waals surface area (Å²) in [6.07, 6.45) is 0.616. The second-order valence-electron chi connectivity index (χ2n) is 8.43. The molecule has 1 saturated carbocycles. The van der Waals surface area contributed by atoms with Gasteiger partial charge in [-0.3, -0.25) is 19.9 Å². The van der Waals surface area contributed by atoms with Crippen molar-refractivity contribution in [3.8, 4) is 11.5 Å². The molecule has 3 aromatic rings. The molecule has 1 aromatic carbocycles. The minimum absolute atomic E-state index is 0.0194. The van der Waals surface area contributed by atoms with Gasteiger partial charge in [0.2, 0.25) is 11.9 Å². The molecule has 0 radical (unpaired) electrons. The van der Waals surface area contributed by atoms with E-state index in [9.17, 15) is 22.8 Å². The van der Waals surface area contributed by atoms with Crippen LogP contribution in [0.2, 0.25) is 0 Å². The number of halogens is 3. The fraction of sp³-hybridized carbons (Fsp3) is 0.346. The van der Waals surface area contributed by atoms with Crippen molar-refractivity contribution in [2.45, 2.75) is 46.2 Å². The predicted octanol–water partition coefficient (Wildman–Crippen LogP) is 5.80. The lowest BCUT2D eigenvalue weighted by Crippen LogP contribution is -2.31. The van der Waals surface area contributed by atoms with Crippen LogP contribution in [0.15, 0.2) is 59.2 Å². The second-order valence-corrected chi connectivity index (χ2v) is 8.43. The van der Waals surface area contributed by atoms with Gasteiger partial charge in [-0.15, -0.1) is 5.10 Å². The molecule has 38 heavy (non-hydrogen) atoms. The summed E-state index contributed by atoms with van der Waals surface area (Å²) in [5, 5.41) is 9.31. The van der Waals surface area contributed by atoms with Crippen LogP contribution in [0.25, 0.3) is 5.65 Å². The number of hydrogen-bond donors (Lipinski definition) is 2. The molecular weight excluding hydrogens is 501 g/mol. The second kappa shape index (κ2) is 12.3. The number of rotatable bonds is 7. The van der Waals surface area contributed by atoms with E-state index in [2.05, 4.69) is 39.6 Å². The van der Waals surface area contributed by atoms with Crippen LogP contribution in [0.4, 0.5) is 24.8 Å². The number of aromatic nitrogens is 3. The Morgan fingerprint density at radius 1 is 1.16 bits per heavy atom. The highest BCUT2D eigenvalue weighted by molar-refractivity contribution is 6.49. The minimum Gasteiger partial charge on any atom is -0.456 e. The molecule has 202 valence electrons. The van der Waals surface area contributed by atoms with E-state index in [0.717, 1.165) is 26.0 Å². The minimum atomic E-state index is -4.72. The van der Waals surface area contributed by atoms with Gasteiger partial charge >= 0.3 is 6.18 Å². The topological polar surface area (TPSA) is 110 Å². The number of nitrogens with one attached hydrogen (secondary N) is 2. The fourth-order valence-corrected chi connectivity index (χ4v) is 3.28. The standard InChI is InChI=1S/C23H21F3N6O3.C3H8/c1-3-17(23(24,25)26)19(27-2)21(34)28-14-5-4-6-15(11-14)35-16-9-10-18-29-22(31-32(18)12-16)30-20(33)13-7-8-13;1-3-2/h3-6,9-13H,7-8H2,1-2H3,(H,28,34)(H,30,31,33);3H2,1-2H3/b17-3+,27-19?;. The summed E-state index contributed by atoms with van der Waals surface area (Å²) in [7, 11) is 1.12. The molecule has 0 unspecified atom stereocenters. The highest BCUT2D eigenvalue weighted by Crippen LogP contribution is 2.30. The van der Waals surface area contributed by atoms with Crippen molar-refractivity contribution < 1.29 is 27.5 Å². The maximum absolute atomic E-state index is 13.2. The van der Waals surface area contributed by atoms with Crippen molar-refractivity contribution in [1.82, 2.24) is 14.6 Å². The van der Waals surface area contributed by atoms with Crippen LogP contribution >= 0.6 is 0 Å². The van der Waals surface area contributed by atoms with E-state index in [0.29, 0.717) is 17.1 Å². The third-order valence-electron chi connectivity index (χ3n) is 5.10. The molecule has 0 saturated heterocycles. The number of alkyl halides is 3. The Morgan fingerprint density at radius 2 is 1.87 bits per heavy atom. The SMILES string of the molecule is C/C=C(\C(=NC)C(=O)Nc1cccc(Oc2ccc3nc(NC(=O)C4CC4)nn3c2)c1)C(F)(F)F.CCC. The predicted molar refractivity (Wildman–Crippen MR) is 139 cm³/mol. The van der Waals surface area contributed by atoms with Gasteiger partial charge in [-0.2, -0.15) is 18.2 Å². The molecule has 2 amide bonds. The van der Waals surface area contributed by atoms with E-state index >= 15 is 0 Å². The number of nitrogens with zero attached hydrogens (tertiary/aromatic N) is 4. The van der Waals surface area contributed by atoms with Crippen LogP contribution in [0.5, 0.6) is 11.5 Å². The zero-order chi connectivity index (χ0) is 27.9. The molecule has 2 heterocycles. The Labute approximate surface area is 217 Å². The Hall–Kier alpha value is -4.22. The van der Waals surface area contributed by atoms with Gasteiger partial charge in [-0.1, -0.05) is 32.4 Å². The van der Waals surface area contributed by atoms with E-state index in [4.69, 9.17) is 4.74 Å². The highest BCUT2D eigenvalue weighted by Gasteiger charge is 2.38. The lowest BCUT2D eigenvalue weighted by molar-refractivity contribution is -0.117. The molecule has 4 rings (SSSR count). The van der Waals surface area contributed by atoms with Crippen molar-refractivity contribution >= 4 is 34.8 Å². The van der Waals surface area contributed by atoms with Crippen LogP contribution in [-0.2, 0) is 9.59 Å². The smallest absolute Gasteiger partial charge is 0.418 e. The maximum atomic E-state index is 13.2. The van der Waals surface area contributed by atoms with E-state index in [1.54, 1.807) is 30.5 Å². The van der Waals surface area contributed by atoms with Crippen LogP contribution in [0.3, 0.4) is 0 Å². The zero-order valence-electron chi connectivity index (χ0n) is 21.5. The molecular formula is C26H29F3N6O3. The summed E-state index contributed by atoms with van der Waals surface area (Å²) in [6.45, 7) is 5.44. The number of fused-ring (bicyclic) bond motifs is 1. The summed E-state index contributed by atoms with van der Waals surface area (Å²) in [4.78, 5) is 32.1. The van der Waals surface area contributed by atoms with Crippen molar-refractivity contribution in [3.63, 3.8) is 0 Å². The molecule has 2 N–H and O–H groups in total. The third kappa shape index (κ3) is 7.40. The van der Waals surface area contributed by atoms with Crippen molar-refractivity contribution in [2.24, 2.45) is 10.9 Å².